The number of nitrogens with one attached hydrogen (secondary N) is 1. The molecule has 0 saturated carbocycles. The third kappa shape index (κ3) is 4.48. The van der Waals surface area contributed by atoms with E-state index < -0.39 is 18.5 Å². The number of anilines is 1. The number of rotatable bonds is 5. The monoisotopic (exact) mass is 347 g/mol. The van der Waals surface area contributed by atoms with Crippen molar-refractivity contribution in [1.29, 1.82) is 0 Å². The Labute approximate surface area is 150 Å². The van der Waals surface area contributed by atoms with Crippen LogP contribution in [0.15, 0.2) is 78.9 Å². The highest BCUT2D eigenvalue weighted by atomic mass is 16.5. The predicted octanol–water partition coefficient (Wildman–Crippen LogP) is 3.85. The van der Waals surface area contributed by atoms with Crippen molar-refractivity contribution in [2.75, 3.05) is 11.9 Å². The number of hydrogen-bond acceptors (Lipinski definition) is 4. The van der Waals surface area contributed by atoms with Gasteiger partial charge in [-0.1, -0.05) is 48.5 Å². The number of hydrogen-bond donors (Lipinski definition) is 2. The number of esters is 1. The summed E-state index contributed by atoms with van der Waals surface area (Å²) >= 11 is 0. The smallest absolute Gasteiger partial charge is 0.338 e. The molecule has 3 rings (SSSR count). The van der Waals surface area contributed by atoms with Gasteiger partial charge in [-0.3, -0.25) is 4.79 Å². The highest BCUT2D eigenvalue weighted by Crippen LogP contribution is 2.21. The number of ether oxygens (including phenoxy) is 1. The van der Waals surface area contributed by atoms with Crippen molar-refractivity contribution in [3.8, 4) is 16.9 Å². The van der Waals surface area contributed by atoms with Gasteiger partial charge in [-0.15, -0.1) is 0 Å². The van der Waals surface area contributed by atoms with Crippen LogP contribution >= 0.6 is 0 Å². The number of phenolic OH excluding ortho intramolecular Hbond substituents is 1. The van der Waals surface area contributed by atoms with E-state index in [-0.39, 0.29) is 11.3 Å². The first-order valence-corrected chi connectivity index (χ1v) is 8.03. The summed E-state index contributed by atoms with van der Waals surface area (Å²) in [7, 11) is 0. The number of carbonyl (C=O) groups excluding carboxylic acids is 2. The third-order valence-corrected chi connectivity index (χ3v) is 3.69. The molecule has 130 valence electrons. The summed E-state index contributed by atoms with van der Waals surface area (Å²) in [5.74, 6) is -1.15. The quantitative estimate of drug-likeness (QED) is 0.687. The minimum Gasteiger partial charge on any atom is -0.508 e. The Bertz CT molecular complexity index is 905. The zero-order valence-corrected chi connectivity index (χ0v) is 13.9. The molecule has 0 aliphatic carbocycles. The SMILES string of the molecule is O=C(COC(=O)c1cccc(O)c1)Nc1ccc(-c2ccccc2)cc1. The molecule has 0 atom stereocenters. The Hall–Kier alpha value is -3.60. The van der Waals surface area contributed by atoms with Crippen LogP contribution in [0.3, 0.4) is 0 Å². The number of benzene rings is 3. The summed E-state index contributed by atoms with van der Waals surface area (Å²) < 4.78 is 4.95. The van der Waals surface area contributed by atoms with Crippen molar-refractivity contribution >= 4 is 17.6 Å². The van der Waals surface area contributed by atoms with E-state index in [0.717, 1.165) is 11.1 Å². The number of carbonyl (C=O) groups is 2. The van der Waals surface area contributed by atoms with Gasteiger partial charge in [0, 0.05) is 5.69 Å². The first-order valence-electron chi connectivity index (χ1n) is 8.03. The molecular formula is C21H17NO4. The van der Waals surface area contributed by atoms with Gasteiger partial charge >= 0.3 is 5.97 Å². The summed E-state index contributed by atoms with van der Waals surface area (Å²) in [5, 5.41) is 12.0. The second-order valence-electron chi connectivity index (χ2n) is 5.62. The van der Waals surface area contributed by atoms with Gasteiger partial charge in [0.15, 0.2) is 6.61 Å². The van der Waals surface area contributed by atoms with Gasteiger partial charge < -0.3 is 15.2 Å². The lowest BCUT2D eigenvalue weighted by molar-refractivity contribution is -0.119. The Morgan fingerprint density at radius 3 is 2.23 bits per heavy atom. The first kappa shape index (κ1) is 17.2. The fourth-order valence-corrected chi connectivity index (χ4v) is 2.42. The zero-order chi connectivity index (χ0) is 18.4. The number of amides is 1. The molecule has 3 aromatic carbocycles. The summed E-state index contributed by atoms with van der Waals surface area (Å²) in [4.78, 5) is 23.8. The normalized spacial score (nSPS) is 10.2. The second kappa shape index (κ2) is 7.98. The van der Waals surface area contributed by atoms with E-state index in [1.807, 2.05) is 42.5 Å². The van der Waals surface area contributed by atoms with Crippen LogP contribution in [0.25, 0.3) is 11.1 Å². The molecule has 0 spiro atoms. The van der Waals surface area contributed by atoms with Gasteiger partial charge in [-0.05, 0) is 41.5 Å². The molecule has 3 aromatic rings. The Balaban J connectivity index is 1.54. The van der Waals surface area contributed by atoms with E-state index in [0.29, 0.717) is 5.69 Å². The summed E-state index contributed by atoms with van der Waals surface area (Å²) in [5.41, 5.74) is 2.93. The molecule has 0 aliphatic heterocycles. The third-order valence-electron chi connectivity index (χ3n) is 3.69. The molecule has 0 bridgehead atoms. The van der Waals surface area contributed by atoms with Gasteiger partial charge in [0.05, 0.1) is 5.56 Å². The minimum absolute atomic E-state index is 0.0394. The molecule has 0 aromatic heterocycles. The Morgan fingerprint density at radius 1 is 0.846 bits per heavy atom. The van der Waals surface area contributed by atoms with Gasteiger partial charge in [0.25, 0.3) is 5.91 Å². The van der Waals surface area contributed by atoms with Crippen molar-refractivity contribution in [2.45, 2.75) is 0 Å². The Kier molecular flexibility index (Phi) is 5.29. The van der Waals surface area contributed by atoms with Crippen molar-refractivity contribution in [3.05, 3.63) is 84.4 Å². The maximum atomic E-state index is 11.9. The fourth-order valence-electron chi connectivity index (χ4n) is 2.42. The van der Waals surface area contributed by atoms with E-state index >= 15 is 0 Å². The van der Waals surface area contributed by atoms with Crippen LogP contribution < -0.4 is 5.32 Å². The molecule has 5 heteroatoms. The van der Waals surface area contributed by atoms with Crippen LogP contribution in [0.5, 0.6) is 5.75 Å². The molecule has 1 amide bonds. The topological polar surface area (TPSA) is 75.6 Å². The van der Waals surface area contributed by atoms with E-state index in [1.165, 1.54) is 24.3 Å². The molecule has 26 heavy (non-hydrogen) atoms. The maximum absolute atomic E-state index is 11.9. The van der Waals surface area contributed by atoms with Crippen LogP contribution in [0, 0.1) is 0 Å². The molecule has 0 saturated heterocycles. The van der Waals surface area contributed by atoms with E-state index in [1.54, 1.807) is 12.1 Å². The lowest BCUT2D eigenvalue weighted by Gasteiger charge is -2.08. The molecule has 2 N–H and O–H groups in total. The summed E-state index contributed by atoms with van der Waals surface area (Å²) in [6.45, 7) is -0.408. The zero-order valence-electron chi connectivity index (χ0n) is 13.9. The minimum atomic E-state index is -0.671. The number of phenols is 1. The summed E-state index contributed by atoms with van der Waals surface area (Å²) in [6, 6.07) is 23.0. The van der Waals surface area contributed by atoms with Crippen LogP contribution in [0.2, 0.25) is 0 Å². The maximum Gasteiger partial charge on any atom is 0.338 e. The molecule has 0 fully saturated rings. The van der Waals surface area contributed by atoms with Gasteiger partial charge in [-0.2, -0.15) is 0 Å². The summed E-state index contributed by atoms with van der Waals surface area (Å²) in [6.07, 6.45) is 0. The average Bonchev–Trinajstić information content (AvgIpc) is 2.67. The number of aromatic hydroxyl groups is 1. The predicted molar refractivity (Wildman–Crippen MR) is 98.9 cm³/mol. The largest absolute Gasteiger partial charge is 0.508 e. The van der Waals surface area contributed by atoms with E-state index in [4.69, 9.17) is 4.74 Å². The highest BCUT2D eigenvalue weighted by molar-refractivity contribution is 5.95. The molecular weight excluding hydrogens is 330 g/mol. The lowest BCUT2D eigenvalue weighted by atomic mass is 10.1. The first-order chi connectivity index (χ1) is 12.6. The van der Waals surface area contributed by atoms with Crippen molar-refractivity contribution in [2.24, 2.45) is 0 Å². The van der Waals surface area contributed by atoms with Gasteiger partial charge in [0.2, 0.25) is 0 Å². The van der Waals surface area contributed by atoms with Crippen LogP contribution in [0.4, 0.5) is 5.69 Å². The van der Waals surface area contributed by atoms with Crippen LogP contribution in [-0.4, -0.2) is 23.6 Å². The molecule has 0 aliphatic rings. The van der Waals surface area contributed by atoms with Crippen LogP contribution in [0.1, 0.15) is 10.4 Å². The standard InChI is InChI=1S/C21H17NO4/c23-19-8-4-7-17(13-19)21(25)26-14-20(24)22-18-11-9-16(10-12-18)15-5-2-1-3-6-15/h1-13,23H,14H2,(H,22,24). The Morgan fingerprint density at radius 2 is 1.54 bits per heavy atom. The van der Waals surface area contributed by atoms with E-state index in [2.05, 4.69) is 5.32 Å². The van der Waals surface area contributed by atoms with Crippen LogP contribution in [-0.2, 0) is 9.53 Å². The van der Waals surface area contributed by atoms with E-state index in [9.17, 15) is 14.7 Å². The van der Waals surface area contributed by atoms with Gasteiger partial charge in [-0.25, -0.2) is 4.79 Å². The molecule has 0 radical (unpaired) electrons. The average molecular weight is 347 g/mol. The molecule has 0 unspecified atom stereocenters. The van der Waals surface area contributed by atoms with Crippen molar-refractivity contribution in [1.82, 2.24) is 0 Å². The lowest BCUT2D eigenvalue weighted by Crippen LogP contribution is -2.20. The molecule has 5 nitrogen and oxygen atoms in total. The fraction of sp³-hybridized carbons (Fsp3) is 0.0476. The highest BCUT2D eigenvalue weighted by Gasteiger charge is 2.11. The van der Waals surface area contributed by atoms with Crippen molar-refractivity contribution in [3.63, 3.8) is 0 Å². The molecule has 0 heterocycles. The van der Waals surface area contributed by atoms with Crippen molar-refractivity contribution < 1.29 is 19.4 Å². The van der Waals surface area contributed by atoms with Gasteiger partial charge in [0.1, 0.15) is 5.75 Å². The second-order valence-corrected chi connectivity index (χ2v) is 5.62.